The third-order valence-corrected chi connectivity index (χ3v) is 5.03. The second kappa shape index (κ2) is 10.8. The molecule has 0 spiro atoms. The zero-order valence-corrected chi connectivity index (χ0v) is 18.7. The van der Waals surface area contributed by atoms with Gasteiger partial charge in [0, 0.05) is 17.3 Å². The summed E-state index contributed by atoms with van der Waals surface area (Å²) in [7, 11) is 0. The number of benzene rings is 3. The molecule has 168 valence electrons. The molecule has 1 aromatic heterocycles. The van der Waals surface area contributed by atoms with Crippen molar-refractivity contribution in [2.45, 2.75) is 13.5 Å². The Kier molecular flexibility index (Phi) is 7.16. The van der Waals surface area contributed by atoms with Crippen LogP contribution in [0.3, 0.4) is 0 Å². The predicted molar refractivity (Wildman–Crippen MR) is 130 cm³/mol. The third kappa shape index (κ3) is 5.40. The molecular weight excluding hydrogens is 426 g/mol. The van der Waals surface area contributed by atoms with Crippen molar-refractivity contribution in [1.82, 2.24) is 9.78 Å². The second-order valence-corrected chi connectivity index (χ2v) is 7.41. The number of carbonyl (C=O) groups is 1. The summed E-state index contributed by atoms with van der Waals surface area (Å²) in [5.41, 5.74) is 3.87. The summed E-state index contributed by atoms with van der Waals surface area (Å²) in [5.74, 6) is 0.0276. The molecule has 0 aliphatic carbocycles. The molecule has 6 nitrogen and oxygen atoms in total. The van der Waals surface area contributed by atoms with Gasteiger partial charge in [-0.25, -0.2) is 9.48 Å². The molecule has 0 aliphatic heterocycles. The number of hydrogen-bond donors (Lipinski definition) is 0. The Balaban J connectivity index is 1.72. The molecule has 0 unspecified atom stereocenters. The topological polar surface area (TPSA) is 77.1 Å². The van der Waals surface area contributed by atoms with E-state index in [4.69, 9.17) is 14.6 Å². The average Bonchev–Trinajstić information content (AvgIpc) is 3.31. The van der Waals surface area contributed by atoms with Crippen molar-refractivity contribution in [1.29, 1.82) is 5.26 Å². The molecule has 0 N–H and O–H groups in total. The molecule has 0 atom stereocenters. The highest BCUT2D eigenvalue weighted by molar-refractivity contribution is 5.98. The van der Waals surface area contributed by atoms with Gasteiger partial charge in [0.05, 0.1) is 12.3 Å². The number of nitrogens with zero attached hydrogens (tertiary/aromatic N) is 3. The van der Waals surface area contributed by atoms with Gasteiger partial charge in [0.2, 0.25) is 0 Å². The Morgan fingerprint density at radius 1 is 1.03 bits per heavy atom. The summed E-state index contributed by atoms with van der Waals surface area (Å²) in [5, 5.41) is 14.3. The first-order valence-electron chi connectivity index (χ1n) is 10.9. The lowest BCUT2D eigenvalue weighted by Gasteiger charge is -2.08. The number of ether oxygens (including phenoxy) is 2. The SMILES string of the molecule is CCOC(=O)/C(C#N)=C\c1cn(-c2ccccc2)nc1-c1cccc(OCc2ccccc2)c1. The van der Waals surface area contributed by atoms with Crippen molar-refractivity contribution in [3.63, 3.8) is 0 Å². The molecule has 6 heteroatoms. The number of para-hydroxylation sites is 1. The van der Waals surface area contributed by atoms with E-state index in [0.717, 1.165) is 16.8 Å². The highest BCUT2D eigenvalue weighted by Gasteiger charge is 2.16. The van der Waals surface area contributed by atoms with Crippen molar-refractivity contribution in [3.8, 4) is 28.8 Å². The first-order chi connectivity index (χ1) is 16.7. The van der Waals surface area contributed by atoms with Crippen molar-refractivity contribution in [2.75, 3.05) is 6.61 Å². The first-order valence-corrected chi connectivity index (χ1v) is 10.9. The Labute approximate surface area is 198 Å². The third-order valence-electron chi connectivity index (χ3n) is 5.03. The molecular formula is C28H23N3O3. The van der Waals surface area contributed by atoms with E-state index in [-0.39, 0.29) is 12.2 Å². The highest BCUT2D eigenvalue weighted by Crippen LogP contribution is 2.29. The van der Waals surface area contributed by atoms with Gasteiger partial charge in [-0.2, -0.15) is 10.4 Å². The lowest BCUT2D eigenvalue weighted by molar-refractivity contribution is -0.137. The Morgan fingerprint density at radius 2 is 1.76 bits per heavy atom. The smallest absolute Gasteiger partial charge is 0.348 e. The number of rotatable bonds is 8. The van der Waals surface area contributed by atoms with Crippen molar-refractivity contribution in [3.05, 3.63) is 108 Å². The van der Waals surface area contributed by atoms with E-state index >= 15 is 0 Å². The number of nitriles is 1. The van der Waals surface area contributed by atoms with E-state index in [1.165, 1.54) is 6.08 Å². The molecule has 0 aliphatic rings. The monoisotopic (exact) mass is 449 g/mol. The van der Waals surface area contributed by atoms with Gasteiger partial charge in [0.15, 0.2) is 0 Å². The van der Waals surface area contributed by atoms with Gasteiger partial charge in [0.25, 0.3) is 0 Å². The lowest BCUT2D eigenvalue weighted by Crippen LogP contribution is -2.06. The maximum absolute atomic E-state index is 12.2. The zero-order valence-electron chi connectivity index (χ0n) is 18.7. The molecule has 0 saturated heterocycles. The van der Waals surface area contributed by atoms with Crippen LogP contribution in [0, 0.1) is 11.3 Å². The van der Waals surface area contributed by atoms with Gasteiger partial charge in [-0.3, -0.25) is 0 Å². The Hall–Kier alpha value is -4.63. The molecule has 3 aromatic carbocycles. The summed E-state index contributed by atoms with van der Waals surface area (Å²) < 4.78 is 12.7. The first kappa shape index (κ1) is 22.6. The van der Waals surface area contributed by atoms with E-state index in [2.05, 4.69) is 0 Å². The lowest BCUT2D eigenvalue weighted by atomic mass is 10.1. The molecule has 0 saturated carbocycles. The quantitative estimate of drug-likeness (QED) is 0.199. The Bertz CT molecular complexity index is 1340. The summed E-state index contributed by atoms with van der Waals surface area (Å²) in [6.07, 6.45) is 3.30. The van der Waals surface area contributed by atoms with E-state index in [1.54, 1.807) is 17.8 Å². The van der Waals surface area contributed by atoms with Gasteiger partial charge in [-0.1, -0.05) is 60.7 Å². The van der Waals surface area contributed by atoms with Gasteiger partial charge >= 0.3 is 5.97 Å². The maximum Gasteiger partial charge on any atom is 0.348 e. The van der Waals surface area contributed by atoms with Crippen LogP contribution in [0.1, 0.15) is 18.1 Å². The molecule has 1 heterocycles. The zero-order chi connectivity index (χ0) is 23.8. The van der Waals surface area contributed by atoms with E-state index in [9.17, 15) is 10.1 Å². The minimum absolute atomic E-state index is 0.0906. The molecule has 34 heavy (non-hydrogen) atoms. The number of carbonyl (C=O) groups excluding carboxylic acids is 1. The summed E-state index contributed by atoms with van der Waals surface area (Å²) in [6, 6.07) is 29.1. The predicted octanol–water partition coefficient (Wildman–Crippen LogP) is 5.59. The van der Waals surface area contributed by atoms with Crippen molar-refractivity contribution < 1.29 is 14.3 Å². The number of esters is 1. The van der Waals surface area contributed by atoms with Gasteiger partial charge in [-0.05, 0) is 42.8 Å². The molecule has 0 fully saturated rings. The number of hydrogen-bond acceptors (Lipinski definition) is 5. The standard InChI is InChI=1S/C28H23N3O3/c1-2-33-28(32)23(18-29)16-24-19-31(25-13-7-4-8-14-25)30-27(24)22-12-9-15-26(17-22)34-20-21-10-5-3-6-11-21/h3-17,19H,2,20H2,1H3/b23-16-. The van der Waals surface area contributed by atoms with Crippen LogP contribution in [0.4, 0.5) is 0 Å². The van der Waals surface area contributed by atoms with Gasteiger partial charge in [0.1, 0.15) is 29.7 Å². The van der Waals surface area contributed by atoms with Crippen LogP contribution < -0.4 is 4.74 Å². The van der Waals surface area contributed by atoms with E-state index in [0.29, 0.717) is 23.6 Å². The van der Waals surface area contributed by atoms with E-state index < -0.39 is 5.97 Å². The molecule has 0 radical (unpaired) electrons. The van der Waals surface area contributed by atoms with Crippen LogP contribution in [0.5, 0.6) is 5.75 Å². The van der Waals surface area contributed by atoms with Crippen molar-refractivity contribution in [2.24, 2.45) is 0 Å². The van der Waals surface area contributed by atoms with Crippen LogP contribution in [-0.4, -0.2) is 22.4 Å². The van der Waals surface area contributed by atoms with Crippen LogP contribution in [0.2, 0.25) is 0 Å². The van der Waals surface area contributed by atoms with Crippen LogP contribution >= 0.6 is 0 Å². The summed E-state index contributed by atoms with van der Waals surface area (Å²) in [4.78, 5) is 12.2. The second-order valence-electron chi connectivity index (χ2n) is 7.41. The van der Waals surface area contributed by atoms with Gasteiger partial charge < -0.3 is 9.47 Å². The summed E-state index contributed by atoms with van der Waals surface area (Å²) >= 11 is 0. The fourth-order valence-corrected chi connectivity index (χ4v) is 3.41. The van der Waals surface area contributed by atoms with Crippen LogP contribution in [-0.2, 0) is 16.1 Å². The van der Waals surface area contributed by atoms with Gasteiger partial charge in [-0.15, -0.1) is 0 Å². The number of aromatic nitrogens is 2. The molecule has 4 aromatic rings. The van der Waals surface area contributed by atoms with Crippen LogP contribution in [0.25, 0.3) is 23.0 Å². The molecule has 0 bridgehead atoms. The normalized spacial score (nSPS) is 11.0. The largest absolute Gasteiger partial charge is 0.489 e. The maximum atomic E-state index is 12.2. The van der Waals surface area contributed by atoms with E-state index in [1.807, 2.05) is 91.0 Å². The van der Waals surface area contributed by atoms with Crippen molar-refractivity contribution >= 4 is 12.0 Å². The highest BCUT2D eigenvalue weighted by atomic mass is 16.5. The fraction of sp³-hybridized carbons (Fsp3) is 0.107. The minimum atomic E-state index is -0.664. The molecule has 4 rings (SSSR count). The average molecular weight is 450 g/mol. The van der Waals surface area contributed by atoms with Crippen LogP contribution in [0.15, 0.2) is 96.7 Å². The molecule has 0 amide bonds. The fourth-order valence-electron chi connectivity index (χ4n) is 3.41. The Morgan fingerprint density at radius 3 is 2.47 bits per heavy atom. The summed E-state index contributed by atoms with van der Waals surface area (Å²) in [6.45, 7) is 2.33. The minimum Gasteiger partial charge on any atom is -0.489 e.